The monoisotopic (exact) mass is 346 g/mol. The van der Waals surface area contributed by atoms with Crippen LogP contribution in [0.1, 0.15) is 23.0 Å². The summed E-state index contributed by atoms with van der Waals surface area (Å²) in [5.41, 5.74) is 0.434. The highest BCUT2D eigenvalue weighted by molar-refractivity contribution is 5.90. The number of benzene rings is 1. The number of fused-ring (bicyclic) bond motifs is 1. The molecule has 0 spiro atoms. The van der Waals surface area contributed by atoms with E-state index in [-0.39, 0.29) is 29.1 Å². The van der Waals surface area contributed by atoms with Gasteiger partial charge in [0.1, 0.15) is 11.3 Å². The number of phenolic OH excluding ortho intramolecular Hbond substituents is 1. The lowest BCUT2D eigenvalue weighted by atomic mass is 10.1. The number of carbonyl (C=O) groups is 1. The van der Waals surface area contributed by atoms with Crippen molar-refractivity contribution in [2.75, 3.05) is 39.8 Å². The average Bonchev–Trinajstić information content (AvgIpc) is 2.59. The maximum absolute atomic E-state index is 12.3. The fourth-order valence-corrected chi connectivity index (χ4v) is 2.95. The molecular formula is C18H22N2O5. The van der Waals surface area contributed by atoms with E-state index >= 15 is 0 Å². The van der Waals surface area contributed by atoms with Gasteiger partial charge in [-0.15, -0.1) is 0 Å². The molecule has 3 rings (SSSR count). The molecule has 0 unspecified atom stereocenters. The molecule has 0 atom stereocenters. The lowest BCUT2D eigenvalue weighted by Gasteiger charge is -2.32. The molecule has 1 aliphatic heterocycles. The quantitative estimate of drug-likeness (QED) is 0.838. The van der Waals surface area contributed by atoms with Crippen LogP contribution in [0.5, 0.6) is 5.75 Å². The molecule has 134 valence electrons. The molecule has 2 aromatic rings. The van der Waals surface area contributed by atoms with Crippen molar-refractivity contribution in [3.63, 3.8) is 0 Å². The van der Waals surface area contributed by atoms with E-state index in [1.54, 1.807) is 6.92 Å². The molecule has 0 aliphatic carbocycles. The Hall–Kier alpha value is -2.38. The number of carbonyl (C=O) groups excluding carboxylic acids is 1. The van der Waals surface area contributed by atoms with Gasteiger partial charge in [0.2, 0.25) is 5.76 Å². The van der Waals surface area contributed by atoms with E-state index in [1.165, 1.54) is 12.1 Å². The maximum atomic E-state index is 12.3. The number of nitrogens with zero attached hydrogens (tertiary/aromatic N) is 2. The summed E-state index contributed by atoms with van der Waals surface area (Å²) in [6.45, 7) is 5.90. The number of phenols is 1. The highest BCUT2D eigenvalue weighted by Gasteiger charge is 2.21. The smallest absolute Gasteiger partial charge is 0.374 e. The number of rotatable bonds is 4. The molecule has 1 aromatic carbocycles. The van der Waals surface area contributed by atoms with E-state index in [2.05, 4.69) is 16.8 Å². The first-order chi connectivity index (χ1) is 12.0. The minimum absolute atomic E-state index is 0.0515. The van der Waals surface area contributed by atoms with Gasteiger partial charge in [0, 0.05) is 38.8 Å². The third-order valence-electron chi connectivity index (χ3n) is 4.43. The highest BCUT2D eigenvalue weighted by atomic mass is 16.5. The van der Waals surface area contributed by atoms with Gasteiger partial charge in [0.25, 0.3) is 0 Å². The third-order valence-corrected chi connectivity index (χ3v) is 4.43. The Morgan fingerprint density at radius 2 is 2.00 bits per heavy atom. The minimum Gasteiger partial charge on any atom is -0.507 e. The van der Waals surface area contributed by atoms with Crippen molar-refractivity contribution in [3.05, 3.63) is 39.7 Å². The molecule has 25 heavy (non-hydrogen) atoms. The molecule has 1 fully saturated rings. The van der Waals surface area contributed by atoms with Crippen LogP contribution in [0.3, 0.4) is 0 Å². The van der Waals surface area contributed by atoms with E-state index in [9.17, 15) is 14.7 Å². The van der Waals surface area contributed by atoms with Crippen LogP contribution in [0.25, 0.3) is 11.0 Å². The summed E-state index contributed by atoms with van der Waals surface area (Å²) in [6.07, 6.45) is 0. The first-order valence-electron chi connectivity index (χ1n) is 8.36. The fraction of sp³-hybridized carbons (Fsp3) is 0.444. The number of hydrogen-bond donors (Lipinski definition) is 1. The van der Waals surface area contributed by atoms with Crippen LogP contribution in [0.15, 0.2) is 27.4 Å². The van der Waals surface area contributed by atoms with Crippen LogP contribution in [-0.4, -0.2) is 60.7 Å². The lowest BCUT2D eigenvalue weighted by molar-refractivity contribution is 0.0490. The summed E-state index contributed by atoms with van der Waals surface area (Å²) in [5, 5.41) is 10.6. The van der Waals surface area contributed by atoms with Crippen molar-refractivity contribution in [3.8, 4) is 5.75 Å². The second-order valence-corrected chi connectivity index (χ2v) is 6.21. The Balaban J connectivity index is 2.02. The Bertz CT molecular complexity index is 837. The first-order valence-corrected chi connectivity index (χ1v) is 8.36. The summed E-state index contributed by atoms with van der Waals surface area (Å²) in [6, 6.07) is 4.14. The van der Waals surface area contributed by atoms with Crippen LogP contribution < -0.4 is 5.43 Å². The largest absolute Gasteiger partial charge is 0.507 e. The zero-order valence-corrected chi connectivity index (χ0v) is 14.4. The van der Waals surface area contributed by atoms with Gasteiger partial charge in [-0.25, -0.2) is 4.79 Å². The van der Waals surface area contributed by atoms with Crippen molar-refractivity contribution in [2.45, 2.75) is 13.5 Å². The normalized spacial score (nSPS) is 16.2. The zero-order valence-electron chi connectivity index (χ0n) is 14.4. The summed E-state index contributed by atoms with van der Waals surface area (Å²) in [4.78, 5) is 28.7. The van der Waals surface area contributed by atoms with E-state index in [0.29, 0.717) is 17.5 Å². The summed E-state index contributed by atoms with van der Waals surface area (Å²) < 4.78 is 10.6. The summed E-state index contributed by atoms with van der Waals surface area (Å²) >= 11 is 0. The topological polar surface area (TPSA) is 83.2 Å². The predicted octanol–water partition coefficient (Wildman–Crippen LogP) is 1.42. The molecule has 7 nitrogen and oxygen atoms in total. The number of piperazine rings is 1. The molecule has 0 amide bonds. The van der Waals surface area contributed by atoms with Crippen molar-refractivity contribution in [1.29, 1.82) is 0 Å². The van der Waals surface area contributed by atoms with Crippen molar-refractivity contribution >= 4 is 16.9 Å². The van der Waals surface area contributed by atoms with Gasteiger partial charge in [-0.1, -0.05) is 0 Å². The second kappa shape index (κ2) is 7.25. The molecule has 1 saturated heterocycles. The molecule has 1 aliphatic rings. The Morgan fingerprint density at radius 1 is 1.28 bits per heavy atom. The van der Waals surface area contributed by atoms with Crippen molar-refractivity contribution < 1.29 is 19.1 Å². The first kappa shape index (κ1) is 17.4. The molecule has 7 heteroatoms. The number of likely N-dealkylation sites (N-methyl/N-ethyl adjacent to an activating group) is 1. The zero-order chi connectivity index (χ0) is 18.0. The van der Waals surface area contributed by atoms with Crippen LogP contribution in [0.2, 0.25) is 0 Å². The SMILES string of the molecule is CCOC(=O)c1cc(=O)c2ccc(O)c(CN3CCN(C)CC3)c2o1. The number of ether oxygens (including phenoxy) is 1. The van der Waals surface area contributed by atoms with Crippen LogP contribution in [-0.2, 0) is 11.3 Å². The van der Waals surface area contributed by atoms with Crippen molar-refractivity contribution in [1.82, 2.24) is 9.80 Å². The molecule has 1 aromatic heterocycles. The minimum atomic E-state index is -0.685. The summed E-state index contributed by atoms with van der Waals surface area (Å²) in [5.74, 6) is -0.782. The molecule has 0 bridgehead atoms. The Kier molecular flexibility index (Phi) is 5.06. The third kappa shape index (κ3) is 3.67. The average molecular weight is 346 g/mol. The van der Waals surface area contributed by atoms with E-state index in [0.717, 1.165) is 32.2 Å². The standard InChI is InChI=1S/C18H22N2O5/c1-3-24-18(23)16-10-15(22)12-4-5-14(21)13(17(12)25-16)11-20-8-6-19(2)7-9-20/h4-5,10,21H,3,6-9,11H2,1-2H3. The van der Waals surface area contributed by atoms with E-state index in [4.69, 9.17) is 9.15 Å². The van der Waals surface area contributed by atoms with Crippen LogP contribution in [0.4, 0.5) is 0 Å². The maximum Gasteiger partial charge on any atom is 0.374 e. The van der Waals surface area contributed by atoms with E-state index < -0.39 is 5.97 Å². The molecule has 2 heterocycles. The molecular weight excluding hydrogens is 324 g/mol. The van der Waals surface area contributed by atoms with Gasteiger partial charge in [-0.2, -0.15) is 0 Å². The van der Waals surface area contributed by atoms with Gasteiger partial charge in [0.15, 0.2) is 5.43 Å². The highest BCUT2D eigenvalue weighted by Crippen LogP contribution is 2.28. The number of esters is 1. The fourth-order valence-electron chi connectivity index (χ4n) is 2.95. The van der Waals surface area contributed by atoms with Gasteiger partial charge in [-0.05, 0) is 26.1 Å². The Morgan fingerprint density at radius 3 is 2.68 bits per heavy atom. The molecule has 0 radical (unpaired) electrons. The number of hydrogen-bond acceptors (Lipinski definition) is 7. The van der Waals surface area contributed by atoms with Gasteiger partial charge in [-0.3, -0.25) is 9.69 Å². The molecule has 0 saturated carbocycles. The predicted molar refractivity (Wildman–Crippen MR) is 92.9 cm³/mol. The summed E-state index contributed by atoms with van der Waals surface area (Å²) in [7, 11) is 2.07. The molecule has 1 N–H and O–H groups in total. The van der Waals surface area contributed by atoms with Gasteiger partial charge < -0.3 is 19.2 Å². The Labute approximate surface area is 145 Å². The van der Waals surface area contributed by atoms with Crippen molar-refractivity contribution in [2.24, 2.45) is 0 Å². The number of aromatic hydroxyl groups is 1. The second-order valence-electron chi connectivity index (χ2n) is 6.21. The van der Waals surface area contributed by atoms with Crippen LogP contribution >= 0.6 is 0 Å². The van der Waals surface area contributed by atoms with Crippen LogP contribution in [0, 0.1) is 0 Å². The van der Waals surface area contributed by atoms with Gasteiger partial charge in [0.05, 0.1) is 17.6 Å². The van der Waals surface area contributed by atoms with Gasteiger partial charge >= 0.3 is 5.97 Å². The van der Waals surface area contributed by atoms with E-state index in [1.807, 2.05) is 0 Å². The lowest BCUT2D eigenvalue weighted by Crippen LogP contribution is -2.43.